The average Bonchev–Trinajstić information content (AvgIpc) is 2.74. The molecule has 0 saturated carbocycles. The number of carbonyl (C=O) groups is 1. The molecule has 0 atom stereocenters. The van der Waals surface area contributed by atoms with Gasteiger partial charge in [-0.1, -0.05) is 0 Å². The largest absolute Gasteiger partial charge is 0.452 e. The second-order valence-electron chi connectivity index (χ2n) is 3.87. The summed E-state index contributed by atoms with van der Waals surface area (Å²) in [4.78, 5) is 11.7. The summed E-state index contributed by atoms with van der Waals surface area (Å²) in [6.07, 6.45) is 3.41. The van der Waals surface area contributed by atoms with Crippen LogP contribution in [0.4, 0.5) is 0 Å². The van der Waals surface area contributed by atoms with Gasteiger partial charge in [-0.05, 0) is 36.4 Å². The van der Waals surface area contributed by atoms with Gasteiger partial charge in [0.05, 0.1) is 11.8 Å². The fourth-order valence-electron chi connectivity index (χ4n) is 1.74. The molecule has 0 aromatic carbocycles. The van der Waals surface area contributed by atoms with E-state index in [2.05, 4.69) is 5.32 Å². The van der Waals surface area contributed by atoms with Crippen LogP contribution in [-0.4, -0.2) is 25.7 Å². The lowest BCUT2D eigenvalue weighted by atomic mass is 10.0. The predicted octanol–water partition coefficient (Wildman–Crippen LogP) is 2.09. The number of ether oxygens (including phenoxy) is 1. The van der Waals surface area contributed by atoms with Crippen LogP contribution in [0, 0.1) is 5.92 Å². The van der Waals surface area contributed by atoms with Crippen molar-refractivity contribution in [2.75, 3.05) is 19.8 Å². The van der Waals surface area contributed by atoms with Crippen LogP contribution < -0.4 is 5.32 Å². The van der Waals surface area contributed by atoms with Crippen molar-refractivity contribution in [3.8, 4) is 0 Å². The highest BCUT2D eigenvalue weighted by molar-refractivity contribution is 6.32. The van der Waals surface area contributed by atoms with Crippen molar-refractivity contribution in [3.63, 3.8) is 0 Å². The van der Waals surface area contributed by atoms with E-state index in [-0.39, 0.29) is 11.1 Å². The predicted molar refractivity (Wildman–Crippen MR) is 59.6 cm³/mol. The van der Waals surface area contributed by atoms with Crippen molar-refractivity contribution in [1.82, 2.24) is 5.32 Å². The van der Waals surface area contributed by atoms with Crippen LogP contribution in [0.2, 0.25) is 5.22 Å². The molecule has 1 aromatic heterocycles. The molecule has 0 unspecified atom stereocenters. The quantitative estimate of drug-likeness (QED) is 0.885. The van der Waals surface area contributed by atoms with Crippen molar-refractivity contribution >= 4 is 17.5 Å². The Balaban J connectivity index is 1.81. The summed E-state index contributed by atoms with van der Waals surface area (Å²) in [6, 6.07) is 1.57. The molecule has 2 rings (SSSR count). The third-order valence-electron chi connectivity index (χ3n) is 2.75. The highest BCUT2D eigenvalue weighted by atomic mass is 35.5. The first kappa shape index (κ1) is 11.5. The van der Waals surface area contributed by atoms with Crippen LogP contribution in [0.5, 0.6) is 0 Å². The van der Waals surface area contributed by atoms with Gasteiger partial charge in [0.2, 0.25) is 5.22 Å². The number of amides is 1. The van der Waals surface area contributed by atoms with E-state index >= 15 is 0 Å². The number of carbonyl (C=O) groups excluding carboxylic acids is 1. The number of rotatable bonds is 3. The molecule has 0 radical (unpaired) electrons. The maximum Gasteiger partial charge on any atom is 0.256 e. The van der Waals surface area contributed by atoms with Crippen LogP contribution in [0.3, 0.4) is 0 Å². The summed E-state index contributed by atoms with van der Waals surface area (Å²) < 4.78 is 10.1. The van der Waals surface area contributed by atoms with Crippen molar-refractivity contribution in [1.29, 1.82) is 0 Å². The van der Waals surface area contributed by atoms with E-state index < -0.39 is 0 Å². The molecule has 1 fully saturated rings. The normalized spacial score (nSPS) is 17.3. The second kappa shape index (κ2) is 5.37. The van der Waals surface area contributed by atoms with Gasteiger partial charge >= 0.3 is 0 Å². The summed E-state index contributed by atoms with van der Waals surface area (Å²) in [5.74, 6) is 0.327. The van der Waals surface area contributed by atoms with Crippen molar-refractivity contribution in [2.24, 2.45) is 5.92 Å². The lowest BCUT2D eigenvalue weighted by Gasteiger charge is -2.21. The molecule has 0 bridgehead atoms. The molecule has 4 nitrogen and oxygen atoms in total. The van der Waals surface area contributed by atoms with Crippen LogP contribution in [0.15, 0.2) is 16.7 Å². The van der Waals surface area contributed by atoms with E-state index in [0.29, 0.717) is 18.0 Å². The third kappa shape index (κ3) is 2.77. The minimum atomic E-state index is -0.176. The Morgan fingerprint density at radius 3 is 2.88 bits per heavy atom. The van der Waals surface area contributed by atoms with Gasteiger partial charge in [0.25, 0.3) is 5.91 Å². The Hall–Kier alpha value is -1.00. The maximum absolute atomic E-state index is 11.7. The van der Waals surface area contributed by atoms with Gasteiger partial charge in [0.15, 0.2) is 0 Å². The molecule has 2 heterocycles. The minimum absolute atomic E-state index is 0.143. The van der Waals surface area contributed by atoms with Crippen molar-refractivity contribution in [3.05, 3.63) is 23.1 Å². The van der Waals surface area contributed by atoms with Crippen LogP contribution in [0.25, 0.3) is 0 Å². The van der Waals surface area contributed by atoms with E-state index in [0.717, 1.165) is 26.1 Å². The Morgan fingerprint density at radius 1 is 1.50 bits per heavy atom. The van der Waals surface area contributed by atoms with E-state index in [4.69, 9.17) is 20.8 Å². The molecule has 16 heavy (non-hydrogen) atoms. The van der Waals surface area contributed by atoms with E-state index in [1.165, 1.54) is 6.26 Å². The van der Waals surface area contributed by atoms with Gasteiger partial charge in [-0.2, -0.15) is 0 Å². The lowest BCUT2D eigenvalue weighted by molar-refractivity contribution is 0.0642. The molecular formula is C11H14ClNO3. The summed E-state index contributed by atoms with van der Waals surface area (Å²) >= 11 is 5.71. The smallest absolute Gasteiger partial charge is 0.256 e. The molecule has 1 aliphatic heterocycles. The summed E-state index contributed by atoms with van der Waals surface area (Å²) in [5.41, 5.74) is 0.397. The molecule has 1 amide bonds. The Labute approximate surface area is 98.9 Å². The molecular weight excluding hydrogens is 230 g/mol. The number of hydrogen-bond acceptors (Lipinski definition) is 3. The molecule has 5 heteroatoms. The highest BCUT2D eigenvalue weighted by Crippen LogP contribution is 2.17. The molecule has 1 saturated heterocycles. The minimum Gasteiger partial charge on any atom is -0.452 e. The molecule has 1 aliphatic rings. The zero-order valence-electron chi connectivity index (χ0n) is 8.87. The average molecular weight is 244 g/mol. The van der Waals surface area contributed by atoms with Gasteiger partial charge in [0.1, 0.15) is 0 Å². The van der Waals surface area contributed by atoms with Crippen molar-refractivity contribution in [2.45, 2.75) is 12.8 Å². The monoisotopic (exact) mass is 243 g/mol. The van der Waals surface area contributed by atoms with Crippen LogP contribution >= 0.6 is 11.6 Å². The van der Waals surface area contributed by atoms with E-state index in [9.17, 15) is 4.79 Å². The van der Waals surface area contributed by atoms with Gasteiger partial charge in [0, 0.05) is 19.8 Å². The molecule has 1 aromatic rings. The van der Waals surface area contributed by atoms with E-state index in [1.54, 1.807) is 6.07 Å². The highest BCUT2D eigenvalue weighted by Gasteiger charge is 2.17. The van der Waals surface area contributed by atoms with Gasteiger partial charge in [-0.15, -0.1) is 0 Å². The molecule has 1 N–H and O–H groups in total. The van der Waals surface area contributed by atoms with E-state index in [1.807, 2.05) is 0 Å². The number of nitrogens with one attached hydrogen (secondary N) is 1. The first-order chi connectivity index (χ1) is 7.77. The summed E-state index contributed by atoms with van der Waals surface area (Å²) in [7, 11) is 0. The molecule has 0 spiro atoms. The standard InChI is InChI=1S/C11H14ClNO3/c12-10-9(3-6-16-10)11(14)13-7-8-1-4-15-5-2-8/h3,6,8H,1-2,4-5,7H2,(H,13,14). The summed E-state index contributed by atoms with van der Waals surface area (Å²) in [6.45, 7) is 2.24. The van der Waals surface area contributed by atoms with Crippen LogP contribution in [-0.2, 0) is 4.74 Å². The fraction of sp³-hybridized carbons (Fsp3) is 0.545. The number of halogens is 1. The van der Waals surface area contributed by atoms with Crippen LogP contribution in [0.1, 0.15) is 23.2 Å². The zero-order chi connectivity index (χ0) is 11.4. The first-order valence-corrected chi connectivity index (χ1v) is 5.74. The SMILES string of the molecule is O=C(NCC1CCOCC1)c1ccoc1Cl. The molecule has 88 valence electrons. The third-order valence-corrected chi connectivity index (χ3v) is 3.05. The van der Waals surface area contributed by atoms with Gasteiger partial charge < -0.3 is 14.5 Å². The number of furan rings is 1. The summed E-state index contributed by atoms with van der Waals surface area (Å²) in [5, 5.41) is 3.00. The fourth-order valence-corrected chi connectivity index (χ4v) is 1.94. The number of hydrogen-bond donors (Lipinski definition) is 1. The first-order valence-electron chi connectivity index (χ1n) is 5.36. The van der Waals surface area contributed by atoms with Gasteiger partial charge in [-0.25, -0.2) is 0 Å². The Morgan fingerprint density at radius 2 is 2.25 bits per heavy atom. The Bertz CT molecular complexity index is 358. The maximum atomic E-state index is 11.7. The van der Waals surface area contributed by atoms with Crippen molar-refractivity contribution < 1.29 is 13.9 Å². The molecule has 0 aliphatic carbocycles. The topological polar surface area (TPSA) is 51.5 Å². The Kier molecular flexibility index (Phi) is 3.85. The lowest BCUT2D eigenvalue weighted by Crippen LogP contribution is -2.32. The zero-order valence-corrected chi connectivity index (χ0v) is 9.63. The second-order valence-corrected chi connectivity index (χ2v) is 4.22. The van der Waals surface area contributed by atoms with Gasteiger partial charge in [-0.3, -0.25) is 4.79 Å².